The van der Waals surface area contributed by atoms with Gasteiger partial charge in [0.1, 0.15) is 0 Å². The van der Waals surface area contributed by atoms with Gasteiger partial charge in [0, 0.05) is 17.8 Å². The molecule has 0 aliphatic heterocycles. The van der Waals surface area contributed by atoms with Crippen molar-refractivity contribution < 1.29 is 19.1 Å². The summed E-state index contributed by atoms with van der Waals surface area (Å²) < 4.78 is 6.14. The molecule has 26 heavy (non-hydrogen) atoms. The van der Waals surface area contributed by atoms with E-state index in [1.54, 1.807) is 0 Å². The topological polar surface area (TPSA) is 82.1 Å². The van der Waals surface area contributed by atoms with Crippen molar-refractivity contribution in [1.82, 2.24) is 5.27 Å². The summed E-state index contributed by atoms with van der Waals surface area (Å²) in [5.74, 6) is -0.247. The van der Waals surface area contributed by atoms with Crippen molar-refractivity contribution in [2.75, 3.05) is 11.1 Å². The highest BCUT2D eigenvalue weighted by Crippen LogP contribution is 2.23. The maximum Gasteiger partial charge on any atom is 0.298 e. The third kappa shape index (κ3) is 4.23. The molecule has 1 amide bonds. The van der Waals surface area contributed by atoms with E-state index in [1.807, 2.05) is 54.6 Å². The zero-order chi connectivity index (χ0) is 18.5. The van der Waals surface area contributed by atoms with Gasteiger partial charge in [-0.15, -0.1) is 0 Å². The molecule has 1 aromatic heterocycles. The molecule has 0 aliphatic rings. The molecule has 0 atom stereocenters. The summed E-state index contributed by atoms with van der Waals surface area (Å²) in [5.41, 5.74) is 2.64. The minimum absolute atomic E-state index is 0.0786. The normalized spacial score (nSPS) is 10.9. The number of hydrogen-bond acceptors (Lipinski definition) is 5. The van der Waals surface area contributed by atoms with Gasteiger partial charge < -0.3 is 14.9 Å². The summed E-state index contributed by atoms with van der Waals surface area (Å²) in [5, 5.41) is 18.7. The predicted molar refractivity (Wildman–Crippen MR) is 97.4 cm³/mol. The van der Waals surface area contributed by atoms with E-state index in [1.165, 1.54) is 10.2 Å². The van der Waals surface area contributed by atoms with Crippen LogP contribution in [0, 0.1) is 0 Å². The maximum absolute atomic E-state index is 12.2. The van der Waals surface area contributed by atoms with Crippen LogP contribution in [0.25, 0.3) is 5.69 Å². The number of aromatic nitrogens is 2. The van der Waals surface area contributed by atoms with Crippen LogP contribution in [-0.2, 0) is 4.79 Å². The summed E-state index contributed by atoms with van der Waals surface area (Å²) in [6.45, 7) is 4.23. The molecule has 0 spiro atoms. The van der Waals surface area contributed by atoms with Crippen molar-refractivity contribution in [2.24, 2.45) is 0 Å². The molecule has 3 aromatic rings. The van der Waals surface area contributed by atoms with E-state index in [0.717, 1.165) is 17.4 Å². The third-order valence-electron chi connectivity index (χ3n) is 3.77. The average molecular weight is 369 g/mol. The second kappa shape index (κ2) is 8.05. The Morgan fingerprint density at radius 3 is 2.54 bits per heavy atom. The quantitative estimate of drug-likeness (QED) is 0.534. The van der Waals surface area contributed by atoms with E-state index in [-0.39, 0.29) is 16.7 Å². The minimum Gasteiger partial charge on any atom is -0.538 e. The first-order valence-corrected chi connectivity index (χ1v) is 9.20. The predicted octanol–water partition coefficient (Wildman–Crippen LogP) is 2.88. The minimum atomic E-state index is -0.562. The van der Waals surface area contributed by atoms with Crippen molar-refractivity contribution in [2.45, 2.75) is 24.8 Å². The molecule has 6 nitrogen and oxygen atoms in total. The van der Waals surface area contributed by atoms with E-state index in [9.17, 15) is 9.90 Å². The van der Waals surface area contributed by atoms with Gasteiger partial charge in [-0.3, -0.25) is 4.79 Å². The molecule has 0 fully saturated rings. The van der Waals surface area contributed by atoms with Gasteiger partial charge in [0.05, 0.1) is 11.0 Å². The number of para-hydroxylation sites is 1. The lowest BCUT2D eigenvalue weighted by Crippen LogP contribution is -2.35. The Balaban J connectivity index is 1.64. The van der Waals surface area contributed by atoms with Crippen LogP contribution >= 0.6 is 11.8 Å². The maximum atomic E-state index is 12.2. The highest BCUT2D eigenvalue weighted by Gasteiger charge is 2.21. The van der Waals surface area contributed by atoms with Gasteiger partial charge in [0.25, 0.3) is 5.03 Å². The summed E-state index contributed by atoms with van der Waals surface area (Å²) in [7, 11) is 0. The van der Waals surface area contributed by atoms with Crippen LogP contribution in [0.5, 0.6) is 5.95 Å². The Kier molecular flexibility index (Phi) is 5.58. The monoisotopic (exact) mass is 369 g/mol. The second-order valence-corrected chi connectivity index (χ2v) is 6.99. The molecule has 2 aromatic carbocycles. The fourth-order valence-corrected chi connectivity index (χ4v) is 3.13. The van der Waals surface area contributed by atoms with E-state index in [0.29, 0.717) is 11.6 Å². The van der Waals surface area contributed by atoms with Gasteiger partial charge in [-0.2, -0.15) is 0 Å². The molecule has 7 heteroatoms. The number of carbonyl (C=O) groups excluding carboxylic acids is 1. The van der Waals surface area contributed by atoms with Crippen LogP contribution < -0.4 is 15.1 Å². The van der Waals surface area contributed by atoms with Gasteiger partial charge in [-0.05, 0) is 40.1 Å². The Labute approximate surface area is 155 Å². The first-order chi connectivity index (χ1) is 12.5. The molecular weight excluding hydrogens is 350 g/mol. The number of nitrogens with zero attached hydrogens (tertiary/aromatic N) is 2. The molecule has 0 bridgehead atoms. The first kappa shape index (κ1) is 18.0. The summed E-state index contributed by atoms with van der Waals surface area (Å²) in [6.07, 6.45) is 0. The van der Waals surface area contributed by atoms with Gasteiger partial charge in [-0.25, -0.2) is 0 Å². The molecule has 1 heterocycles. The zero-order valence-electron chi connectivity index (χ0n) is 14.5. The molecule has 0 radical (unpaired) electrons. The van der Waals surface area contributed by atoms with E-state index >= 15 is 0 Å². The average Bonchev–Trinajstić information content (AvgIpc) is 3.02. The standard InChI is InChI=1S/C19H19N3O3S/c1-13(2)14-8-10-15(11-9-14)20-17(23)12-26-18-19(24)25-21-22(18)16-6-4-3-5-7-16/h3-11,13H,12H2,1-2H3,(H-,20,21,23,24). The van der Waals surface area contributed by atoms with Crippen LogP contribution in [0.3, 0.4) is 0 Å². The van der Waals surface area contributed by atoms with Gasteiger partial charge >= 0.3 is 0 Å². The number of amides is 1. The van der Waals surface area contributed by atoms with Gasteiger partial charge in [0.2, 0.25) is 11.6 Å². The SMILES string of the molecule is CC(C)c1ccc(NC(=O)CSc2c([O-])on[n+]2-c2ccccc2)cc1. The Hall–Kier alpha value is -2.80. The molecule has 3 rings (SSSR count). The van der Waals surface area contributed by atoms with Crippen molar-refractivity contribution >= 4 is 23.4 Å². The molecule has 0 saturated heterocycles. The molecule has 0 aliphatic carbocycles. The highest BCUT2D eigenvalue weighted by molar-refractivity contribution is 7.99. The number of thioether (sulfide) groups is 1. The number of hydrogen-bond donors (Lipinski definition) is 1. The van der Waals surface area contributed by atoms with Gasteiger partial charge in [-0.1, -0.05) is 44.2 Å². The highest BCUT2D eigenvalue weighted by atomic mass is 32.2. The lowest BCUT2D eigenvalue weighted by atomic mass is 10.0. The fraction of sp³-hybridized carbons (Fsp3) is 0.211. The summed E-state index contributed by atoms with van der Waals surface area (Å²) in [4.78, 5) is 12.2. The van der Waals surface area contributed by atoms with E-state index in [2.05, 4.69) is 24.4 Å². The number of rotatable bonds is 6. The Morgan fingerprint density at radius 2 is 1.88 bits per heavy atom. The zero-order valence-corrected chi connectivity index (χ0v) is 15.3. The van der Waals surface area contributed by atoms with Crippen molar-refractivity contribution in [3.05, 3.63) is 60.2 Å². The van der Waals surface area contributed by atoms with Crippen LogP contribution in [-0.4, -0.2) is 16.9 Å². The van der Waals surface area contributed by atoms with Gasteiger partial charge in [0.15, 0.2) is 5.95 Å². The molecule has 0 unspecified atom stereocenters. The third-order valence-corrected chi connectivity index (χ3v) is 4.79. The lowest BCUT2D eigenvalue weighted by Gasteiger charge is -2.08. The number of benzene rings is 2. The molecular formula is C19H19N3O3S. The smallest absolute Gasteiger partial charge is 0.298 e. The van der Waals surface area contributed by atoms with Crippen LogP contribution in [0.15, 0.2) is 64.1 Å². The number of anilines is 1. The Bertz CT molecular complexity index is 877. The Morgan fingerprint density at radius 1 is 1.19 bits per heavy atom. The van der Waals surface area contributed by atoms with Crippen LogP contribution in [0.1, 0.15) is 25.3 Å². The van der Waals surface area contributed by atoms with Crippen molar-refractivity contribution in [3.8, 4) is 11.6 Å². The molecule has 1 N–H and O–H groups in total. The van der Waals surface area contributed by atoms with Crippen molar-refractivity contribution in [3.63, 3.8) is 0 Å². The lowest BCUT2D eigenvalue weighted by molar-refractivity contribution is -0.705. The second-order valence-electron chi connectivity index (χ2n) is 6.03. The van der Waals surface area contributed by atoms with E-state index in [4.69, 9.17) is 4.52 Å². The first-order valence-electron chi connectivity index (χ1n) is 8.21. The van der Waals surface area contributed by atoms with Crippen LogP contribution in [0.2, 0.25) is 0 Å². The number of carbonyl (C=O) groups is 1. The summed E-state index contributed by atoms with van der Waals surface area (Å²) in [6, 6.07) is 16.9. The van der Waals surface area contributed by atoms with Crippen molar-refractivity contribution in [1.29, 1.82) is 0 Å². The summed E-state index contributed by atoms with van der Waals surface area (Å²) >= 11 is 1.09. The van der Waals surface area contributed by atoms with E-state index < -0.39 is 5.95 Å². The largest absolute Gasteiger partial charge is 0.538 e. The molecule has 134 valence electrons. The fourth-order valence-electron chi connectivity index (χ4n) is 2.38. The molecule has 0 saturated carbocycles. The van der Waals surface area contributed by atoms with Crippen LogP contribution in [0.4, 0.5) is 5.69 Å². The number of nitrogens with one attached hydrogen (secondary N) is 1.